The summed E-state index contributed by atoms with van der Waals surface area (Å²) in [4.78, 5) is 39.2. The summed E-state index contributed by atoms with van der Waals surface area (Å²) in [5, 5.41) is 10.8. The average Bonchev–Trinajstić information content (AvgIpc) is 2.96. The molecule has 0 heterocycles. The summed E-state index contributed by atoms with van der Waals surface area (Å²) in [6.45, 7) is 1.60. The van der Waals surface area contributed by atoms with Gasteiger partial charge in [0, 0.05) is 12.0 Å². The molecule has 1 N–H and O–H groups in total. The quantitative estimate of drug-likeness (QED) is 0.857. The van der Waals surface area contributed by atoms with Crippen LogP contribution in [0.3, 0.4) is 0 Å². The van der Waals surface area contributed by atoms with E-state index in [0.29, 0.717) is 11.1 Å². The molecule has 0 amide bonds. The highest BCUT2D eigenvalue weighted by molar-refractivity contribution is 6.29. The summed E-state index contributed by atoms with van der Waals surface area (Å²) in [5.74, 6) is -1.16. The lowest BCUT2D eigenvalue weighted by Gasteiger charge is -2.27. The van der Waals surface area contributed by atoms with Gasteiger partial charge >= 0.3 is 0 Å². The van der Waals surface area contributed by atoms with Crippen LogP contribution in [0.2, 0.25) is 0 Å². The molecule has 0 aliphatic heterocycles. The van der Waals surface area contributed by atoms with Crippen LogP contribution in [0.25, 0.3) is 0 Å². The van der Waals surface area contributed by atoms with E-state index < -0.39 is 28.5 Å². The van der Waals surface area contributed by atoms with Gasteiger partial charge in [0.25, 0.3) is 0 Å². The summed E-state index contributed by atoms with van der Waals surface area (Å²) in [7, 11) is 0. The molecular formula is C21H18O4. The van der Waals surface area contributed by atoms with Crippen molar-refractivity contribution in [1.29, 1.82) is 0 Å². The lowest BCUT2D eigenvalue weighted by Crippen LogP contribution is -2.42. The molecule has 4 heteroatoms. The van der Waals surface area contributed by atoms with E-state index in [4.69, 9.17) is 0 Å². The van der Waals surface area contributed by atoms with Crippen molar-refractivity contribution in [3.63, 3.8) is 0 Å². The van der Waals surface area contributed by atoms with E-state index in [1.54, 1.807) is 31.2 Å². The van der Waals surface area contributed by atoms with Crippen LogP contribution in [0.1, 0.15) is 40.9 Å². The third kappa shape index (κ3) is 1.94. The van der Waals surface area contributed by atoms with Gasteiger partial charge in [-0.25, -0.2) is 0 Å². The minimum absolute atomic E-state index is 0.232. The third-order valence-corrected chi connectivity index (χ3v) is 5.73. The first-order valence-corrected chi connectivity index (χ1v) is 8.35. The maximum absolute atomic E-state index is 13.4. The van der Waals surface area contributed by atoms with Crippen LogP contribution in [0.5, 0.6) is 0 Å². The number of benzene rings is 2. The Bertz CT molecular complexity index is 901. The standard InChI is InChI=1S/C21H18O4/c1-20(11-13-7-3-2-4-8-13)16(22)12-21(19(20)25)17(23)14-9-5-6-10-15(14)18(21)24/h2-10,17,23H,11-12H2,1H3/t17-,20+,21+/m0/s1. The van der Waals surface area contributed by atoms with Crippen molar-refractivity contribution in [1.82, 2.24) is 0 Å². The maximum atomic E-state index is 13.4. The molecule has 2 aliphatic rings. The number of fused-ring (bicyclic) bond motifs is 1. The molecule has 0 radical (unpaired) electrons. The molecule has 4 rings (SSSR count). The molecule has 1 fully saturated rings. The van der Waals surface area contributed by atoms with Crippen molar-refractivity contribution in [2.75, 3.05) is 0 Å². The number of carbonyl (C=O) groups is 3. The molecule has 0 bridgehead atoms. The minimum Gasteiger partial charge on any atom is -0.387 e. The highest BCUT2D eigenvalue weighted by atomic mass is 16.3. The molecule has 3 atom stereocenters. The van der Waals surface area contributed by atoms with Gasteiger partial charge in [0.1, 0.15) is 17.3 Å². The fourth-order valence-corrected chi connectivity index (χ4v) is 4.31. The minimum atomic E-state index is -1.66. The van der Waals surface area contributed by atoms with Crippen LogP contribution in [0, 0.1) is 10.8 Å². The molecule has 2 aromatic rings. The van der Waals surface area contributed by atoms with Gasteiger partial charge in [0.05, 0.1) is 5.41 Å². The van der Waals surface area contributed by atoms with E-state index in [1.165, 1.54) is 0 Å². The summed E-state index contributed by atoms with van der Waals surface area (Å²) < 4.78 is 0. The number of aliphatic hydroxyl groups excluding tert-OH is 1. The summed E-state index contributed by atoms with van der Waals surface area (Å²) >= 11 is 0. The molecule has 25 heavy (non-hydrogen) atoms. The van der Waals surface area contributed by atoms with E-state index >= 15 is 0 Å². The smallest absolute Gasteiger partial charge is 0.180 e. The monoisotopic (exact) mass is 334 g/mol. The Hall–Kier alpha value is -2.59. The van der Waals surface area contributed by atoms with E-state index in [-0.39, 0.29) is 18.6 Å². The van der Waals surface area contributed by atoms with Crippen molar-refractivity contribution in [2.45, 2.75) is 25.9 Å². The fraction of sp³-hybridized carbons (Fsp3) is 0.286. The SMILES string of the molecule is C[C@@]1(Cc2ccccc2)C(=O)C[C@@]2(C(=O)c3ccccc3[C@@H]2O)C1=O. The Morgan fingerprint density at radius 3 is 2.32 bits per heavy atom. The van der Waals surface area contributed by atoms with Gasteiger partial charge in [-0.1, -0.05) is 54.6 Å². The molecule has 2 aliphatic carbocycles. The second kappa shape index (κ2) is 5.20. The number of carbonyl (C=O) groups excluding carboxylic acids is 3. The molecule has 4 nitrogen and oxygen atoms in total. The predicted octanol–water partition coefficient (Wildman–Crippen LogP) is 2.69. The zero-order chi connectivity index (χ0) is 17.8. The van der Waals surface area contributed by atoms with E-state index in [1.807, 2.05) is 30.3 Å². The Balaban J connectivity index is 1.79. The third-order valence-electron chi connectivity index (χ3n) is 5.73. The first-order chi connectivity index (χ1) is 11.9. The number of hydrogen-bond acceptors (Lipinski definition) is 4. The molecule has 2 aromatic carbocycles. The van der Waals surface area contributed by atoms with Crippen molar-refractivity contribution in [2.24, 2.45) is 10.8 Å². The number of hydrogen-bond donors (Lipinski definition) is 1. The molecule has 0 saturated heterocycles. The molecule has 1 saturated carbocycles. The fourth-order valence-electron chi connectivity index (χ4n) is 4.31. The topological polar surface area (TPSA) is 71.4 Å². The van der Waals surface area contributed by atoms with Crippen LogP contribution in [-0.2, 0) is 16.0 Å². The molecular weight excluding hydrogens is 316 g/mol. The van der Waals surface area contributed by atoms with Crippen LogP contribution < -0.4 is 0 Å². The Morgan fingerprint density at radius 2 is 1.64 bits per heavy atom. The van der Waals surface area contributed by atoms with Gasteiger partial charge in [-0.05, 0) is 24.5 Å². The van der Waals surface area contributed by atoms with Crippen LogP contribution in [0.4, 0.5) is 0 Å². The molecule has 0 unspecified atom stereocenters. The largest absolute Gasteiger partial charge is 0.387 e. The zero-order valence-corrected chi connectivity index (χ0v) is 13.9. The van der Waals surface area contributed by atoms with Gasteiger partial charge < -0.3 is 5.11 Å². The highest BCUT2D eigenvalue weighted by Crippen LogP contribution is 2.57. The second-order valence-corrected chi connectivity index (χ2v) is 7.21. The summed E-state index contributed by atoms with van der Waals surface area (Å²) in [6.07, 6.45) is -1.25. The number of Topliss-reactive ketones (excluding diaryl/α,β-unsaturated/α-hetero) is 3. The van der Waals surface area contributed by atoms with E-state index in [0.717, 1.165) is 5.56 Å². The van der Waals surface area contributed by atoms with Crippen molar-refractivity contribution in [3.8, 4) is 0 Å². The van der Waals surface area contributed by atoms with Gasteiger partial charge in [-0.15, -0.1) is 0 Å². The Morgan fingerprint density at radius 1 is 1.00 bits per heavy atom. The summed E-state index contributed by atoms with van der Waals surface area (Å²) in [5.41, 5.74) is -1.30. The number of ketones is 3. The second-order valence-electron chi connectivity index (χ2n) is 7.21. The van der Waals surface area contributed by atoms with Crippen molar-refractivity contribution >= 4 is 17.3 Å². The van der Waals surface area contributed by atoms with Crippen LogP contribution >= 0.6 is 0 Å². The zero-order valence-electron chi connectivity index (χ0n) is 13.9. The van der Waals surface area contributed by atoms with Gasteiger partial charge in [-0.3, -0.25) is 14.4 Å². The lowest BCUT2D eigenvalue weighted by atomic mass is 9.72. The molecule has 126 valence electrons. The summed E-state index contributed by atoms with van der Waals surface area (Å²) in [6, 6.07) is 16.0. The van der Waals surface area contributed by atoms with Gasteiger partial charge in [0.15, 0.2) is 11.6 Å². The average molecular weight is 334 g/mol. The van der Waals surface area contributed by atoms with Gasteiger partial charge in [0.2, 0.25) is 0 Å². The van der Waals surface area contributed by atoms with Gasteiger partial charge in [-0.2, -0.15) is 0 Å². The van der Waals surface area contributed by atoms with Crippen LogP contribution in [0.15, 0.2) is 54.6 Å². The Kier molecular flexibility index (Phi) is 3.31. The number of rotatable bonds is 2. The Labute approximate surface area is 145 Å². The first kappa shape index (κ1) is 15.9. The normalized spacial score (nSPS) is 31.0. The molecule has 1 spiro atoms. The van der Waals surface area contributed by atoms with Crippen LogP contribution in [-0.4, -0.2) is 22.5 Å². The first-order valence-electron chi connectivity index (χ1n) is 8.35. The van der Waals surface area contributed by atoms with Crippen molar-refractivity contribution < 1.29 is 19.5 Å². The highest BCUT2D eigenvalue weighted by Gasteiger charge is 2.69. The lowest BCUT2D eigenvalue weighted by molar-refractivity contribution is -0.137. The van der Waals surface area contributed by atoms with E-state index in [2.05, 4.69) is 0 Å². The maximum Gasteiger partial charge on any atom is 0.180 e. The van der Waals surface area contributed by atoms with E-state index in [9.17, 15) is 19.5 Å². The molecule has 0 aromatic heterocycles. The number of aliphatic hydroxyl groups is 1. The predicted molar refractivity (Wildman–Crippen MR) is 91.0 cm³/mol. The van der Waals surface area contributed by atoms with Crippen molar-refractivity contribution in [3.05, 3.63) is 71.3 Å².